The van der Waals surface area contributed by atoms with Crippen LogP contribution in [0.5, 0.6) is 0 Å². The van der Waals surface area contributed by atoms with Gasteiger partial charge in [0.25, 0.3) is 0 Å². The van der Waals surface area contributed by atoms with Crippen molar-refractivity contribution in [3.63, 3.8) is 0 Å². The maximum absolute atomic E-state index is 13.0. The molecule has 11 heteroatoms. The maximum Gasteiger partial charge on any atom is 0.326 e. The number of aliphatic carboxylic acids is 1. The molecule has 1 fully saturated rings. The number of hydrogen-bond donors (Lipinski definition) is 6. The lowest BCUT2D eigenvalue weighted by Gasteiger charge is -2.30. The summed E-state index contributed by atoms with van der Waals surface area (Å²) < 4.78 is 0. The molecule has 1 aliphatic rings. The summed E-state index contributed by atoms with van der Waals surface area (Å²) in [6.45, 7) is 0.886. The van der Waals surface area contributed by atoms with Crippen molar-refractivity contribution < 1.29 is 34.5 Å². The Balaban J connectivity index is 2.20. The van der Waals surface area contributed by atoms with Crippen LogP contribution in [0.1, 0.15) is 25.3 Å². The number of nitrogens with two attached hydrogens (primary N) is 1. The molecule has 11 nitrogen and oxygen atoms in total. The summed E-state index contributed by atoms with van der Waals surface area (Å²) in [4.78, 5) is 50.7. The first-order valence-electron chi connectivity index (χ1n) is 10.4. The molecular weight excluding hydrogens is 420 g/mol. The van der Waals surface area contributed by atoms with E-state index >= 15 is 0 Å². The summed E-state index contributed by atoms with van der Waals surface area (Å²) in [6, 6.07) is 3.99. The largest absolute Gasteiger partial charge is 0.480 e. The van der Waals surface area contributed by atoms with Gasteiger partial charge < -0.3 is 36.6 Å². The molecule has 3 amide bonds. The van der Waals surface area contributed by atoms with Gasteiger partial charge in [-0.15, -0.1) is 0 Å². The molecule has 0 saturated carbocycles. The minimum Gasteiger partial charge on any atom is -0.480 e. The summed E-state index contributed by atoms with van der Waals surface area (Å²) in [7, 11) is 0. The summed E-state index contributed by atoms with van der Waals surface area (Å²) in [5.74, 6) is -3.37. The Morgan fingerprint density at radius 3 is 2.38 bits per heavy atom. The highest BCUT2D eigenvalue weighted by Gasteiger charge is 2.40. The van der Waals surface area contributed by atoms with Crippen LogP contribution in [0.25, 0.3) is 0 Å². The van der Waals surface area contributed by atoms with E-state index in [4.69, 9.17) is 10.8 Å². The van der Waals surface area contributed by atoms with E-state index in [1.54, 1.807) is 30.3 Å². The van der Waals surface area contributed by atoms with Crippen LogP contribution in [0.4, 0.5) is 0 Å². The molecule has 0 aliphatic carbocycles. The van der Waals surface area contributed by atoms with Crippen molar-refractivity contribution in [2.24, 2.45) is 5.73 Å². The van der Waals surface area contributed by atoms with E-state index in [0.717, 1.165) is 10.5 Å². The van der Waals surface area contributed by atoms with Crippen LogP contribution in [-0.4, -0.2) is 87.3 Å². The minimum atomic E-state index is -1.40. The number of carboxylic acid groups (broad SMARTS) is 1. The molecule has 1 saturated heterocycles. The third kappa shape index (κ3) is 6.49. The van der Waals surface area contributed by atoms with Crippen molar-refractivity contribution in [1.29, 1.82) is 0 Å². The second-order valence-electron chi connectivity index (χ2n) is 7.79. The molecule has 0 radical (unpaired) electrons. The number of nitrogens with one attached hydrogen (secondary N) is 2. The van der Waals surface area contributed by atoms with Crippen molar-refractivity contribution in [3.8, 4) is 0 Å². The van der Waals surface area contributed by atoms with Gasteiger partial charge in [-0.2, -0.15) is 0 Å². The van der Waals surface area contributed by atoms with Gasteiger partial charge in [0.05, 0.1) is 12.7 Å². The average molecular weight is 450 g/mol. The molecule has 2 rings (SSSR count). The Morgan fingerprint density at radius 2 is 1.81 bits per heavy atom. The summed E-state index contributed by atoms with van der Waals surface area (Å²) in [5.41, 5.74) is 6.25. The number of carbonyl (C=O) groups is 4. The Labute approximate surface area is 185 Å². The number of aliphatic hydroxyl groups is 2. The number of aliphatic hydroxyl groups excluding tert-OH is 2. The monoisotopic (exact) mass is 450 g/mol. The summed E-state index contributed by atoms with van der Waals surface area (Å²) >= 11 is 0. The van der Waals surface area contributed by atoms with Gasteiger partial charge in [-0.3, -0.25) is 14.4 Å². The number of hydrogen-bond acceptors (Lipinski definition) is 7. The highest BCUT2D eigenvalue weighted by molar-refractivity contribution is 5.94. The molecule has 7 N–H and O–H groups in total. The van der Waals surface area contributed by atoms with E-state index < -0.39 is 60.6 Å². The van der Waals surface area contributed by atoms with Crippen LogP contribution in [0, 0.1) is 0 Å². The molecule has 0 spiro atoms. The van der Waals surface area contributed by atoms with E-state index in [2.05, 4.69) is 10.6 Å². The van der Waals surface area contributed by atoms with Crippen molar-refractivity contribution >= 4 is 23.7 Å². The number of likely N-dealkylation sites (tertiary alicyclic amines) is 1. The molecule has 5 atom stereocenters. The third-order valence-electron chi connectivity index (χ3n) is 5.32. The Bertz CT molecular complexity index is 818. The lowest BCUT2D eigenvalue weighted by Crippen LogP contribution is -2.60. The SMILES string of the molecule is CC(O)C(NC(=O)C(Cc1ccccc1)NC(=O)C(N)CO)C(=O)N1CCCC1C(=O)O. The van der Waals surface area contributed by atoms with E-state index in [-0.39, 0.29) is 19.4 Å². The number of nitrogens with zero attached hydrogens (tertiary/aromatic N) is 1. The Hall–Kier alpha value is -3.02. The van der Waals surface area contributed by atoms with Crippen LogP contribution >= 0.6 is 0 Å². The zero-order valence-corrected chi connectivity index (χ0v) is 17.8. The van der Waals surface area contributed by atoms with Crippen LogP contribution in [-0.2, 0) is 25.6 Å². The third-order valence-corrected chi connectivity index (χ3v) is 5.32. The van der Waals surface area contributed by atoms with Crippen molar-refractivity contribution in [2.45, 2.75) is 56.5 Å². The molecule has 1 aliphatic heterocycles. The molecule has 5 unspecified atom stereocenters. The first kappa shape index (κ1) is 25.2. The summed E-state index contributed by atoms with van der Waals surface area (Å²) in [5, 5.41) is 33.5. The molecule has 32 heavy (non-hydrogen) atoms. The standard InChI is InChI=1S/C21H30N4O7/c1-12(27)17(20(30)25-9-5-8-16(25)21(31)32)24-19(29)15(23-18(28)14(22)11-26)10-13-6-3-2-4-7-13/h2-4,6-7,12,14-17,26-27H,5,8-11,22H2,1H3,(H,23,28)(H,24,29)(H,31,32). The molecule has 1 heterocycles. The number of carboxylic acids is 1. The quantitative estimate of drug-likeness (QED) is 0.236. The van der Waals surface area contributed by atoms with Crippen LogP contribution < -0.4 is 16.4 Å². The second kappa shape index (κ2) is 11.6. The lowest BCUT2D eigenvalue weighted by molar-refractivity contribution is -0.150. The van der Waals surface area contributed by atoms with Gasteiger partial charge in [0.1, 0.15) is 24.2 Å². The average Bonchev–Trinajstić information content (AvgIpc) is 3.26. The molecule has 1 aromatic rings. The van der Waals surface area contributed by atoms with Crippen LogP contribution in [0.15, 0.2) is 30.3 Å². The summed E-state index contributed by atoms with van der Waals surface area (Å²) in [6.07, 6.45) is -0.463. The van der Waals surface area contributed by atoms with Gasteiger partial charge in [0.15, 0.2) is 0 Å². The Morgan fingerprint density at radius 1 is 1.16 bits per heavy atom. The Kier molecular flexibility index (Phi) is 9.12. The van der Waals surface area contributed by atoms with E-state index in [9.17, 15) is 29.4 Å². The van der Waals surface area contributed by atoms with E-state index in [0.29, 0.717) is 6.42 Å². The van der Waals surface area contributed by atoms with Gasteiger partial charge in [-0.25, -0.2) is 4.79 Å². The molecule has 0 aromatic heterocycles. The molecular formula is C21H30N4O7. The fourth-order valence-corrected chi connectivity index (χ4v) is 3.53. The van der Waals surface area contributed by atoms with Crippen molar-refractivity contribution in [2.75, 3.05) is 13.2 Å². The smallest absolute Gasteiger partial charge is 0.326 e. The first-order chi connectivity index (χ1) is 15.1. The molecule has 1 aromatic carbocycles. The van der Waals surface area contributed by atoms with E-state index in [1.807, 2.05) is 0 Å². The lowest BCUT2D eigenvalue weighted by atomic mass is 10.0. The predicted molar refractivity (Wildman–Crippen MR) is 113 cm³/mol. The normalized spacial score (nSPS) is 19.5. The van der Waals surface area contributed by atoms with Gasteiger partial charge >= 0.3 is 5.97 Å². The van der Waals surface area contributed by atoms with Gasteiger partial charge in [-0.05, 0) is 25.3 Å². The second-order valence-corrected chi connectivity index (χ2v) is 7.79. The van der Waals surface area contributed by atoms with Crippen LogP contribution in [0.2, 0.25) is 0 Å². The van der Waals surface area contributed by atoms with Gasteiger partial charge in [0, 0.05) is 13.0 Å². The molecule has 0 bridgehead atoms. The fraction of sp³-hybridized carbons (Fsp3) is 0.524. The number of benzene rings is 1. The zero-order valence-electron chi connectivity index (χ0n) is 17.8. The molecule has 176 valence electrons. The van der Waals surface area contributed by atoms with E-state index in [1.165, 1.54) is 6.92 Å². The van der Waals surface area contributed by atoms with Crippen molar-refractivity contribution in [3.05, 3.63) is 35.9 Å². The number of rotatable bonds is 10. The topological polar surface area (TPSA) is 182 Å². The highest BCUT2D eigenvalue weighted by atomic mass is 16.4. The number of amides is 3. The number of carbonyl (C=O) groups excluding carboxylic acids is 3. The zero-order chi connectivity index (χ0) is 23.8. The predicted octanol–water partition coefficient (Wildman–Crippen LogP) is -2.03. The van der Waals surface area contributed by atoms with Crippen molar-refractivity contribution in [1.82, 2.24) is 15.5 Å². The highest BCUT2D eigenvalue weighted by Crippen LogP contribution is 2.19. The van der Waals surface area contributed by atoms with Gasteiger partial charge in [-0.1, -0.05) is 30.3 Å². The maximum atomic E-state index is 13.0. The van der Waals surface area contributed by atoms with Crippen LogP contribution in [0.3, 0.4) is 0 Å². The fourth-order valence-electron chi connectivity index (χ4n) is 3.53. The first-order valence-corrected chi connectivity index (χ1v) is 10.4. The minimum absolute atomic E-state index is 0.0682. The van der Waals surface area contributed by atoms with Gasteiger partial charge in [0.2, 0.25) is 17.7 Å².